The van der Waals surface area contributed by atoms with Crippen LogP contribution in [0, 0.1) is 13.8 Å². The Bertz CT molecular complexity index is 1050. The number of likely N-dealkylation sites (N-methyl/N-ethyl adjacent to an activating group) is 1. The molecule has 0 spiro atoms. The number of benzene rings is 1. The van der Waals surface area contributed by atoms with Crippen molar-refractivity contribution < 1.29 is 13.9 Å². The van der Waals surface area contributed by atoms with Crippen LogP contribution >= 0.6 is 11.6 Å². The summed E-state index contributed by atoms with van der Waals surface area (Å²) < 4.78 is 10.9. The molecule has 0 fully saturated rings. The summed E-state index contributed by atoms with van der Waals surface area (Å²) in [6, 6.07) is 6.93. The van der Waals surface area contributed by atoms with Gasteiger partial charge in [0.15, 0.2) is 6.61 Å². The molecule has 0 saturated heterocycles. The monoisotopic (exact) mass is 386 g/mol. The van der Waals surface area contributed by atoms with Crippen LogP contribution in [0.25, 0.3) is 11.0 Å². The van der Waals surface area contributed by atoms with E-state index in [1.807, 2.05) is 19.1 Å². The van der Waals surface area contributed by atoms with Crippen molar-refractivity contribution in [1.82, 2.24) is 9.88 Å². The minimum atomic E-state index is -0.402. The maximum Gasteiger partial charge on any atom is 0.339 e. The first-order chi connectivity index (χ1) is 12.9. The predicted octanol–water partition coefficient (Wildman–Crippen LogP) is 3.50. The Morgan fingerprint density at radius 1 is 1.30 bits per heavy atom. The summed E-state index contributed by atoms with van der Waals surface area (Å²) in [7, 11) is 1.69. The molecule has 1 aromatic carbocycles. The second kappa shape index (κ2) is 7.80. The standard InChI is InChI=1S/C20H19ClN2O4/c1-12-13(2)20(25)27-17-8-18(16(21)7-15(12)17)26-11-19(24)23(3)10-14-5-4-6-22-9-14/h4-9H,10-11H2,1-3H3. The zero-order valence-corrected chi connectivity index (χ0v) is 16.0. The van der Waals surface area contributed by atoms with E-state index in [2.05, 4.69) is 4.98 Å². The molecule has 0 atom stereocenters. The number of hydrogen-bond donors (Lipinski definition) is 0. The SMILES string of the molecule is Cc1c(C)c2cc(Cl)c(OCC(=O)N(C)Cc3cccnc3)cc2oc1=O. The van der Waals surface area contributed by atoms with Crippen molar-refractivity contribution in [3.05, 3.63) is 68.8 Å². The van der Waals surface area contributed by atoms with Crippen LogP contribution < -0.4 is 10.4 Å². The van der Waals surface area contributed by atoms with Crippen molar-refractivity contribution >= 4 is 28.5 Å². The highest BCUT2D eigenvalue weighted by Crippen LogP contribution is 2.31. The van der Waals surface area contributed by atoms with Crippen molar-refractivity contribution in [2.45, 2.75) is 20.4 Å². The molecule has 7 heteroatoms. The van der Waals surface area contributed by atoms with Crippen LogP contribution in [0.1, 0.15) is 16.7 Å². The van der Waals surface area contributed by atoms with Gasteiger partial charge in [0.2, 0.25) is 0 Å². The first kappa shape index (κ1) is 18.9. The average molecular weight is 387 g/mol. The van der Waals surface area contributed by atoms with E-state index in [-0.39, 0.29) is 12.5 Å². The fourth-order valence-electron chi connectivity index (χ4n) is 2.66. The molecular weight excluding hydrogens is 368 g/mol. The van der Waals surface area contributed by atoms with E-state index < -0.39 is 5.63 Å². The van der Waals surface area contributed by atoms with E-state index in [0.717, 1.165) is 16.5 Å². The van der Waals surface area contributed by atoms with Gasteiger partial charge in [0.1, 0.15) is 11.3 Å². The zero-order valence-electron chi connectivity index (χ0n) is 15.3. The summed E-state index contributed by atoms with van der Waals surface area (Å²) in [5.74, 6) is 0.0789. The van der Waals surface area contributed by atoms with Gasteiger partial charge in [0, 0.05) is 43.0 Å². The van der Waals surface area contributed by atoms with Gasteiger partial charge in [0.25, 0.3) is 5.91 Å². The second-order valence-electron chi connectivity index (χ2n) is 6.32. The molecule has 0 N–H and O–H groups in total. The van der Waals surface area contributed by atoms with Gasteiger partial charge < -0.3 is 14.1 Å². The molecule has 2 heterocycles. The zero-order chi connectivity index (χ0) is 19.6. The van der Waals surface area contributed by atoms with E-state index in [1.165, 1.54) is 0 Å². The van der Waals surface area contributed by atoms with Crippen LogP contribution in [0.2, 0.25) is 5.02 Å². The lowest BCUT2D eigenvalue weighted by Crippen LogP contribution is -2.31. The molecule has 0 aliphatic heterocycles. The third-order valence-electron chi connectivity index (χ3n) is 4.43. The highest BCUT2D eigenvalue weighted by Gasteiger charge is 2.15. The Balaban J connectivity index is 1.74. The fourth-order valence-corrected chi connectivity index (χ4v) is 2.88. The number of carbonyl (C=O) groups is 1. The molecule has 2 aromatic heterocycles. The summed E-state index contributed by atoms with van der Waals surface area (Å²) in [5.41, 5.74) is 2.24. The van der Waals surface area contributed by atoms with Gasteiger partial charge in [-0.05, 0) is 37.1 Å². The number of aromatic nitrogens is 1. The van der Waals surface area contributed by atoms with Crippen LogP contribution in [0.4, 0.5) is 0 Å². The normalized spacial score (nSPS) is 10.8. The Labute approximate surface area is 161 Å². The van der Waals surface area contributed by atoms with Crippen LogP contribution in [-0.2, 0) is 11.3 Å². The van der Waals surface area contributed by atoms with Crippen LogP contribution in [0.3, 0.4) is 0 Å². The van der Waals surface area contributed by atoms with Gasteiger partial charge in [-0.2, -0.15) is 0 Å². The molecule has 140 valence electrons. The maximum absolute atomic E-state index is 12.3. The lowest BCUT2D eigenvalue weighted by atomic mass is 10.1. The van der Waals surface area contributed by atoms with Gasteiger partial charge in [0.05, 0.1) is 5.02 Å². The molecule has 3 rings (SSSR count). The number of carbonyl (C=O) groups excluding carboxylic acids is 1. The first-order valence-electron chi connectivity index (χ1n) is 8.36. The van der Waals surface area contributed by atoms with Crippen molar-refractivity contribution in [2.24, 2.45) is 0 Å². The number of hydrogen-bond acceptors (Lipinski definition) is 5. The summed E-state index contributed by atoms with van der Waals surface area (Å²) in [6.07, 6.45) is 3.38. The van der Waals surface area contributed by atoms with Crippen molar-refractivity contribution in [1.29, 1.82) is 0 Å². The summed E-state index contributed by atoms with van der Waals surface area (Å²) in [6.45, 7) is 3.78. The maximum atomic E-state index is 12.3. The van der Waals surface area contributed by atoms with Crippen molar-refractivity contribution in [3.8, 4) is 5.75 Å². The molecule has 0 radical (unpaired) electrons. The number of aryl methyl sites for hydroxylation is 1. The molecule has 0 bridgehead atoms. The van der Waals surface area contributed by atoms with Crippen molar-refractivity contribution in [3.63, 3.8) is 0 Å². The van der Waals surface area contributed by atoms with E-state index >= 15 is 0 Å². The van der Waals surface area contributed by atoms with Crippen molar-refractivity contribution in [2.75, 3.05) is 13.7 Å². The van der Waals surface area contributed by atoms with Crippen LogP contribution in [-0.4, -0.2) is 29.4 Å². The highest BCUT2D eigenvalue weighted by atomic mass is 35.5. The molecule has 3 aromatic rings. The van der Waals surface area contributed by atoms with Gasteiger partial charge in [-0.15, -0.1) is 0 Å². The lowest BCUT2D eigenvalue weighted by Gasteiger charge is -2.18. The van der Waals surface area contributed by atoms with E-state index in [9.17, 15) is 9.59 Å². The molecule has 0 aliphatic rings. The molecule has 1 amide bonds. The Hall–Kier alpha value is -2.86. The number of pyridine rings is 1. The number of amides is 1. The van der Waals surface area contributed by atoms with E-state index in [4.69, 9.17) is 20.8 Å². The van der Waals surface area contributed by atoms with Gasteiger partial charge in [-0.25, -0.2) is 4.79 Å². The number of fused-ring (bicyclic) bond motifs is 1. The fraction of sp³-hybridized carbons (Fsp3) is 0.250. The Kier molecular flexibility index (Phi) is 5.46. The third-order valence-corrected chi connectivity index (χ3v) is 4.72. The van der Waals surface area contributed by atoms with E-state index in [0.29, 0.717) is 28.5 Å². The van der Waals surface area contributed by atoms with Gasteiger partial charge in [-0.3, -0.25) is 9.78 Å². The molecular formula is C20H19ClN2O4. The lowest BCUT2D eigenvalue weighted by molar-refractivity contribution is -0.132. The number of rotatable bonds is 5. The third kappa shape index (κ3) is 4.11. The quantitative estimate of drug-likeness (QED) is 0.627. The summed E-state index contributed by atoms with van der Waals surface area (Å²) in [4.78, 5) is 29.8. The molecule has 0 saturated carbocycles. The van der Waals surface area contributed by atoms with E-state index in [1.54, 1.807) is 43.4 Å². The first-order valence-corrected chi connectivity index (χ1v) is 8.74. The number of ether oxygens (including phenoxy) is 1. The number of nitrogens with zero attached hydrogens (tertiary/aromatic N) is 2. The van der Waals surface area contributed by atoms with Crippen LogP contribution in [0.5, 0.6) is 5.75 Å². The predicted molar refractivity (Wildman–Crippen MR) is 103 cm³/mol. The smallest absolute Gasteiger partial charge is 0.339 e. The minimum absolute atomic E-state index is 0.183. The average Bonchev–Trinajstić information content (AvgIpc) is 2.66. The van der Waals surface area contributed by atoms with Crippen LogP contribution in [0.15, 0.2) is 45.9 Å². The molecule has 0 unspecified atom stereocenters. The second-order valence-corrected chi connectivity index (χ2v) is 6.73. The molecule has 0 aliphatic carbocycles. The Morgan fingerprint density at radius 2 is 2.07 bits per heavy atom. The van der Waals surface area contributed by atoms with Gasteiger partial charge in [-0.1, -0.05) is 17.7 Å². The summed E-state index contributed by atoms with van der Waals surface area (Å²) >= 11 is 6.28. The van der Waals surface area contributed by atoms with Gasteiger partial charge >= 0.3 is 5.63 Å². The summed E-state index contributed by atoms with van der Waals surface area (Å²) in [5, 5.41) is 1.09. The minimum Gasteiger partial charge on any atom is -0.482 e. The number of halogens is 1. The molecule has 27 heavy (non-hydrogen) atoms. The Morgan fingerprint density at radius 3 is 2.78 bits per heavy atom. The largest absolute Gasteiger partial charge is 0.482 e. The molecule has 6 nitrogen and oxygen atoms in total. The highest BCUT2D eigenvalue weighted by molar-refractivity contribution is 6.32. The topological polar surface area (TPSA) is 72.6 Å².